The van der Waals surface area contributed by atoms with Crippen molar-refractivity contribution < 1.29 is 9.59 Å². The maximum atomic E-state index is 12.5. The molecule has 28 heavy (non-hydrogen) atoms. The van der Waals surface area contributed by atoms with Gasteiger partial charge in [-0.1, -0.05) is 25.1 Å². The highest BCUT2D eigenvalue weighted by molar-refractivity contribution is 5.94. The molecule has 8 heteroatoms. The van der Waals surface area contributed by atoms with Crippen LogP contribution in [0.15, 0.2) is 58.1 Å². The van der Waals surface area contributed by atoms with Crippen molar-refractivity contribution in [3.05, 3.63) is 69.2 Å². The van der Waals surface area contributed by atoms with E-state index in [0.29, 0.717) is 17.8 Å². The molecule has 0 fully saturated rings. The maximum absolute atomic E-state index is 12.5. The van der Waals surface area contributed by atoms with Crippen LogP contribution in [-0.2, 0) is 16.1 Å². The Morgan fingerprint density at radius 2 is 1.57 bits per heavy atom. The van der Waals surface area contributed by atoms with E-state index in [4.69, 9.17) is 0 Å². The number of carbonyl (C=O) groups is 2. The summed E-state index contributed by atoms with van der Waals surface area (Å²) < 4.78 is 0.979. The Hall–Kier alpha value is -3.68. The van der Waals surface area contributed by atoms with Crippen molar-refractivity contribution in [2.75, 3.05) is 10.6 Å². The largest absolute Gasteiger partial charge is 0.326 e. The lowest BCUT2D eigenvalue weighted by atomic mass is 10.2. The summed E-state index contributed by atoms with van der Waals surface area (Å²) in [6.07, 6.45) is 1.15. The van der Waals surface area contributed by atoms with E-state index in [2.05, 4.69) is 15.7 Å². The summed E-state index contributed by atoms with van der Waals surface area (Å²) in [6, 6.07) is 13.1. The third-order valence-corrected chi connectivity index (χ3v) is 4.09. The second-order valence-corrected chi connectivity index (χ2v) is 6.30. The number of fused-ring (bicyclic) bond motifs is 1. The topological polar surface area (TPSA) is 113 Å². The summed E-state index contributed by atoms with van der Waals surface area (Å²) in [6.45, 7) is 1.57. The van der Waals surface area contributed by atoms with Gasteiger partial charge >= 0.3 is 0 Å². The zero-order chi connectivity index (χ0) is 20.1. The van der Waals surface area contributed by atoms with E-state index in [1.807, 2.05) is 6.92 Å². The molecule has 0 saturated heterocycles. The van der Waals surface area contributed by atoms with Gasteiger partial charge in [0, 0.05) is 17.8 Å². The summed E-state index contributed by atoms with van der Waals surface area (Å²) in [5.41, 5.74) is 0.137. The molecular weight excluding hydrogens is 360 g/mol. The Kier molecular flexibility index (Phi) is 5.69. The molecule has 0 radical (unpaired) electrons. The lowest BCUT2D eigenvalue weighted by molar-refractivity contribution is -0.117. The molecule has 3 aromatic rings. The van der Waals surface area contributed by atoms with Crippen molar-refractivity contribution in [1.29, 1.82) is 0 Å². The van der Waals surface area contributed by atoms with Gasteiger partial charge < -0.3 is 10.6 Å². The van der Waals surface area contributed by atoms with E-state index in [1.54, 1.807) is 48.5 Å². The van der Waals surface area contributed by atoms with Crippen LogP contribution in [0.2, 0.25) is 0 Å². The Balaban J connectivity index is 1.75. The molecule has 1 heterocycles. The molecule has 0 unspecified atom stereocenters. The number of anilines is 2. The predicted molar refractivity (Wildman–Crippen MR) is 107 cm³/mol. The molecule has 2 amide bonds. The average molecular weight is 380 g/mol. The van der Waals surface area contributed by atoms with Crippen molar-refractivity contribution in [2.24, 2.45) is 0 Å². The highest BCUT2D eigenvalue weighted by atomic mass is 16.2. The third-order valence-electron chi connectivity index (χ3n) is 4.09. The van der Waals surface area contributed by atoms with Crippen LogP contribution in [0, 0.1) is 0 Å². The molecule has 0 saturated carbocycles. The van der Waals surface area contributed by atoms with Crippen LogP contribution in [0.5, 0.6) is 0 Å². The van der Waals surface area contributed by atoms with Gasteiger partial charge in [-0.05, 0) is 36.8 Å². The Bertz CT molecular complexity index is 1150. The normalized spacial score (nSPS) is 10.6. The molecule has 3 rings (SSSR count). The quantitative estimate of drug-likeness (QED) is 0.607. The minimum Gasteiger partial charge on any atom is -0.326 e. The number of aromatic nitrogens is 2. The number of H-pyrrole nitrogens is 1. The molecule has 8 nitrogen and oxygen atoms in total. The monoisotopic (exact) mass is 380 g/mol. The summed E-state index contributed by atoms with van der Waals surface area (Å²) in [4.78, 5) is 48.6. The number of benzene rings is 2. The van der Waals surface area contributed by atoms with Gasteiger partial charge in [0.25, 0.3) is 11.1 Å². The Labute approximate surface area is 160 Å². The van der Waals surface area contributed by atoms with Crippen LogP contribution in [0.3, 0.4) is 0 Å². The van der Waals surface area contributed by atoms with Gasteiger partial charge in [0.1, 0.15) is 6.54 Å². The lowest BCUT2D eigenvalue weighted by Gasteiger charge is -2.10. The van der Waals surface area contributed by atoms with E-state index in [0.717, 1.165) is 11.1 Å². The minimum atomic E-state index is -0.481. The number of aromatic amines is 1. The fourth-order valence-corrected chi connectivity index (χ4v) is 2.83. The van der Waals surface area contributed by atoms with E-state index in [1.165, 1.54) is 0 Å². The molecule has 3 N–H and O–H groups in total. The molecule has 0 aliphatic rings. The minimum absolute atomic E-state index is 0.105. The summed E-state index contributed by atoms with van der Waals surface area (Å²) in [5, 5.41) is 8.35. The van der Waals surface area contributed by atoms with Crippen LogP contribution in [0.4, 0.5) is 11.4 Å². The van der Waals surface area contributed by atoms with Gasteiger partial charge in [0.15, 0.2) is 0 Å². The molecular formula is C20H20N4O4. The van der Waals surface area contributed by atoms with E-state index in [-0.39, 0.29) is 23.2 Å². The first kappa shape index (κ1) is 19.1. The van der Waals surface area contributed by atoms with Gasteiger partial charge in [-0.25, -0.2) is 4.68 Å². The molecule has 0 bridgehead atoms. The van der Waals surface area contributed by atoms with E-state index in [9.17, 15) is 19.2 Å². The first-order valence-electron chi connectivity index (χ1n) is 8.89. The van der Waals surface area contributed by atoms with Crippen molar-refractivity contribution in [1.82, 2.24) is 9.78 Å². The summed E-state index contributed by atoms with van der Waals surface area (Å²) in [7, 11) is 0. The van der Waals surface area contributed by atoms with Gasteiger partial charge in [-0.2, -0.15) is 0 Å². The predicted octanol–water partition coefficient (Wildman–Crippen LogP) is 2.07. The van der Waals surface area contributed by atoms with Gasteiger partial charge in [0.05, 0.1) is 10.8 Å². The van der Waals surface area contributed by atoms with Gasteiger partial charge in [0.2, 0.25) is 11.8 Å². The van der Waals surface area contributed by atoms with Gasteiger partial charge in [-0.15, -0.1) is 0 Å². The number of hydrogen-bond acceptors (Lipinski definition) is 4. The summed E-state index contributed by atoms with van der Waals surface area (Å²) >= 11 is 0. The van der Waals surface area contributed by atoms with Crippen LogP contribution >= 0.6 is 0 Å². The first-order valence-corrected chi connectivity index (χ1v) is 8.89. The molecule has 0 aliphatic heterocycles. The second kappa shape index (κ2) is 8.34. The van der Waals surface area contributed by atoms with Crippen LogP contribution in [0.1, 0.15) is 19.8 Å². The number of amides is 2. The first-order chi connectivity index (χ1) is 13.5. The Morgan fingerprint density at radius 1 is 0.929 bits per heavy atom. The lowest BCUT2D eigenvalue weighted by Crippen LogP contribution is -2.34. The SMILES string of the molecule is CCCC(=O)Nc1cccc(NC(=O)Cn2[nH]c(=O)c3ccccc3c2=O)c1. The molecule has 0 spiro atoms. The highest BCUT2D eigenvalue weighted by Crippen LogP contribution is 2.15. The van der Waals surface area contributed by atoms with Crippen molar-refractivity contribution >= 4 is 34.0 Å². The Morgan fingerprint density at radius 3 is 2.25 bits per heavy atom. The van der Waals surface area contributed by atoms with Crippen LogP contribution in [-0.4, -0.2) is 21.6 Å². The summed E-state index contributed by atoms with van der Waals surface area (Å²) in [5.74, 6) is -0.587. The highest BCUT2D eigenvalue weighted by Gasteiger charge is 2.11. The zero-order valence-electron chi connectivity index (χ0n) is 15.3. The molecule has 2 aromatic carbocycles. The number of carbonyl (C=O) groups excluding carboxylic acids is 2. The molecule has 1 aromatic heterocycles. The smallest absolute Gasteiger partial charge is 0.273 e. The fraction of sp³-hybridized carbons (Fsp3) is 0.200. The van der Waals surface area contributed by atoms with E-state index < -0.39 is 17.0 Å². The zero-order valence-corrected chi connectivity index (χ0v) is 15.3. The second-order valence-electron chi connectivity index (χ2n) is 6.30. The molecule has 144 valence electrons. The maximum Gasteiger partial charge on any atom is 0.273 e. The number of nitrogens with one attached hydrogen (secondary N) is 3. The standard InChI is InChI=1S/C20H20N4O4/c1-2-6-17(25)21-13-7-5-8-14(11-13)22-18(26)12-24-20(28)16-10-4-3-9-15(16)19(27)23-24/h3-5,7-11H,2,6,12H2,1H3,(H,21,25)(H,22,26)(H,23,27). The third kappa shape index (κ3) is 4.35. The average Bonchev–Trinajstić information content (AvgIpc) is 2.66. The molecule has 0 aliphatic carbocycles. The van der Waals surface area contributed by atoms with Gasteiger partial charge in [-0.3, -0.25) is 24.3 Å². The van der Waals surface area contributed by atoms with Crippen LogP contribution < -0.4 is 21.8 Å². The fourth-order valence-electron chi connectivity index (χ4n) is 2.83. The number of rotatable bonds is 6. The van der Waals surface area contributed by atoms with Crippen molar-refractivity contribution in [3.63, 3.8) is 0 Å². The number of nitrogens with zero attached hydrogens (tertiary/aromatic N) is 1. The van der Waals surface area contributed by atoms with E-state index >= 15 is 0 Å². The number of hydrogen-bond donors (Lipinski definition) is 3. The van der Waals surface area contributed by atoms with Crippen molar-refractivity contribution in [2.45, 2.75) is 26.3 Å². The molecule has 0 atom stereocenters. The van der Waals surface area contributed by atoms with Crippen molar-refractivity contribution in [3.8, 4) is 0 Å². The van der Waals surface area contributed by atoms with Crippen LogP contribution in [0.25, 0.3) is 10.8 Å².